The minimum absolute atomic E-state index is 0.911. The lowest BCUT2D eigenvalue weighted by atomic mass is 9.87. The maximum Gasteiger partial charge on any atom is 0.135 e. The van der Waals surface area contributed by atoms with Gasteiger partial charge >= 0.3 is 0 Å². The molecule has 0 saturated carbocycles. The van der Waals surface area contributed by atoms with E-state index in [4.69, 9.17) is 4.74 Å². The van der Waals surface area contributed by atoms with Gasteiger partial charge < -0.3 is 4.74 Å². The van der Waals surface area contributed by atoms with Crippen LogP contribution in [0, 0.1) is 0 Å². The molecule has 0 aliphatic carbocycles. The van der Waals surface area contributed by atoms with E-state index < -0.39 is 0 Å². The lowest BCUT2D eigenvalue weighted by Crippen LogP contribution is -1.97. The van der Waals surface area contributed by atoms with Gasteiger partial charge in [0.25, 0.3) is 0 Å². The Kier molecular flexibility index (Phi) is 3.72. The first-order valence-electron chi connectivity index (χ1n) is 12.0. The molecule has 7 aromatic rings. The smallest absolute Gasteiger partial charge is 0.135 e. The zero-order valence-corrected chi connectivity index (χ0v) is 19.0. The molecule has 0 N–H and O–H groups in total. The molecule has 0 atom stereocenters. The second-order valence-corrected chi connectivity index (χ2v) is 9.33. The number of hydrogen-bond acceptors (Lipinski definition) is 1. The quantitative estimate of drug-likeness (QED) is 0.181. The van der Waals surface area contributed by atoms with Gasteiger partial charge in [0.15, 0.2) is 0 Å². The number of fused-ring (bicyclic) bond motifs is 6. The van der Waals surface area contributed by atoms with Crippen LogP contribution in [0.1, 0.15) is 0 Å². The average molecular weight is 445 g/mol. The Morgan fingerprint density at radius 1 is 0.400 bits per heavy atom. The van der Waals surface area contributed by atoms with Crippen molar-refractivity contribution >= 4 is 43.1 Å². The molecular weight excluding hydrogens is 424 g/mol. The number of benzene rings is 7. The van der Waals surface area contributed by atoms with Crippen molar-refractivity contribution in [2.24, 2.45) is 0 Å². The standard InChI is InChI=1S/C34H20O/c1-3-11-26-21(7-1)15-16-24-19-23-8-2-4-12-27(23)34(33(24)26)25-17-18-30-29(20-25)28-13-5-9-22-10-6-14-31(35-30)32(22)28/h1-20H. The number of rotatable bonds is 1. The predicted molar refractivity (Wildman–Crippen MR) is 147 cm³/mol. The molecule has 1 nitrogen and oxygen atoms in total. The molecule has 7 aromatic carbocycles. The summed E-state index contributed by atoms with van der Waals surface area (Å²) < 4.78 is 6.39. The molecule has 162 valence electrons. The van der Waals surface area contributed by atoms with E-state index in [9.17, 15) is 0 Å². The van der Waals surface area contributed by atoms with Gasteiger partial charge in [-0.3, -0.25) is 0 Å². The Morgan fingerprint density at radius 3 is 2.06 bits per heavy atom. The van der Waals surface area contributed by atoms with E-state index >= 15 is 0 Å². The fourth-order valence-corrected chi connectivity index (χ4v) is 5.86. The molecule has 1 heterocycles. The zero-order valence-electron chi connectivity index (χ0n) is 19.0. The summed E-state index contributed by atoms with van der Waals surface area (Å²) in [6, 6.07) is 43.7. The summed E-state index contributed by atoms with van der Waals surface area (Å²) in [7, 11) is 0. The third-order valence-electron chi connectivity index (χ3n) is 7.40. The number of ether oxygens (including phenoxy) is 1. The van der Waals surface area contributed by atoms with Crippen molar-refractivity contribution in [3.8, 4) is 33.8 Å². The molecule has 1 aliphatic heterocycles. The van der Waals surface area contributed by atoms with E-state index in [1.165, 1.54) is 59.8 Å². The van der Waals surface area contributed by atoms with Gasteiger partial charge in [0.2, 0.25) is 0 Å². The highest BCUT2D eigenvalue weighted by molar-refractivity contribution is 6.22. The Hall–Kier alpha value is -4.62. The fourth-order valence-electron chi connectivity index (χ4n) is 5.86. The van der Waals surface area contributed by atoms with E-state index in [1.807, 2.05) is 0 Å². The molecule has 0 spiro atoms. The van der Waals surface area contributed by atoms with Gasteiger partial charge in [-0.05, 0) is 78.7 Å². The summed E-state index contributed by atoms with van der Waals surface area (Å²) in [6.07, 6.45) is 0. The average Bonchev–Trinajstić information content (AvgIpc) is 2.92. The number of hydrogen-bond donors (Lipinski definition) is 0. The van der Waals surface area contributed by atoms with E-state index in [2.05, 4.69) is 121 Å². The summed E-state index contributed by atoms with van der Waals surface area (Å²) >= 11 is 0. The molecular formula is C34H20O. The van der Waals surface area contributed by atoms with Crippen molar-refractivity contribution in [3.63, 3.8) is 0 Å². The molecule has 0 radical (unpaired) electrons. The first-order valence-corrected chi connectivity index (χ1v) is 12.0. The highest BCUT2D eigenvalue weighted by atomic mass is 16.5. The molecule has 8 rings (SSSR count). The van der Waals surface area contributed by atoms with Gasteiger partial charge in [0.05, 0.1) is 0 Å². The highest BCUT2D eigenvalue weighted by Gasteiger charge is 2.21. The van der Waals surface area contributed by atoms with Gasteiger partial charge in [0.1, 0.15) is 11.5 Å². The molecule has 0 saturated heterocycles. The molecule has 0 fully saturated rings. The molecule has 0 amide bonds. The van der Waals surface area contributed by atoms with Crippen molar-refractivity contribution < 1.29 is 4.74 Å². The second kappa shape index (κ2) is 6.94. The van der Waals surface area contributed by atoms with E-state index in [0.29, 0.717) is 0 Å². The van der Waals surface area contributed by atoms with E-state index in [0.717, 1.165) is 17.1 Å². The first kappa shape index (κ1) is 18.8. The van der Waals surface area contributed by atoms with Gasteiger partial charge in [-0.25, -0.2) is 0 Å². The van der Waals surface area contributed by atoms with Crippen molar-refractivity contribution in [3.05, 3.63) is 121 Å². The van der Waals surface area contributed by atoms with Gasteiger partial charge in [-0.1, -0.05) is 97.1 Å². The normalized spacial score (nSPS) is 12.2. The summed E-state index contributed by atoms with van der Waals surface area (Å²) in [4.78, 5) is 0. The molecule has 1 heteroatoms. The van der Waals surface area contributed by atoms with Crippen molar-refractivity contribution in [2.45, 2.75) is 0 Å². The third-order valence-corrected chi connectivity index (χ3v) is 7.40. The Labute approximate surface area is 202 Å². The maximum absolute atomic E-state index is 6.39. The van der Waals surface area contributed by atoms with Crippen LogP contribution in [-0.4, -0.2) is 0 Å². The lowest BCUT2D eigenvalue weighted by Gasteiger charge is -2.22. The predicted octanol–water partition coefficient (Wildman–Crippen LogP) is 9.74. The van der Waals surface area contributed by atoms with Gasteiger partial charge in [-0.15, -0.1) is 0 Å². The molecule has 0 aromatic heterocycles. The van der Waals surface area contributed by atoms with Crippen LogP contribution in [0.25, 0.3) is 65.3 Å². The minimum atomic E-state index is 0.911. The largest absolute Gasteiger partial charge is 0.456 e. The minimum Gasteiger partial charge on any atom is -0.456 e. The zero-order chi connectivity index (χ0) is 22.9. The van der Waals surface area contributed by atoms with Crippen LogP contribution in [-0.2, 0) is 0 Å². The summed E-state index contributed by atoms with van der Waals surface area (Å²) in [6.45, 7) is 0. The van der Waals surface area contributed by atoms with E-state index in [1.54, 1.807) is 0 Å². The third kappa shape index (κ3) is 2.64. The van der Waals surface area contributed by atoms with Crippen LogP contribution < -0.4 is 4.74 Å². The molecule has 1 aliphatic rings. The fraction of sp³-hybridized carbons (Fsp3) is 0. The van der Waals surface area contributed by atoms with Crippen LogP contribution in [0.4, 0.5) is 0 Å². The Morgan fingerprint density at radius 2 is 1.14 bits per heavy atom. The van der Waals surface area contributed by atoms with E-state index in [-0.39, 0.29) is 0 Å². The molecule has 0 bridgehead atoms. The van der Waals surface area contributed by atoms with Crippen molar-refractivity contribution in [2.75, 3.05) is 0 Å². The monoisotopic (exact) mass is 444 g/mol. The van der Waals surface area contributed by atoms with Crippen LogP contribution in [0.2, 0.25) is 0 Å². The summed E-state index contributed by atoms with van der Waals surface area (Å²) in [5.41, 5.74) is 4.87. The summed E-state index contributed by atoms with van der Waals surface area (Å²) in [5, 5.41) is 10.0. The molecule has 0 unspecified atom stereocenters. The Balaban J connectivity index is 1.51. The van der Waals surface area contributed by atoms with Crippen molar-refractivity contribution in [1.29, 1.82) is 0 Å². The summed E-state index contributed by atoms with van der Waals surface area (Å²) in [5.74, 6) is 1.84. The maximum atomic E-state index is 6.39. The highest BCUT2D eigenvalue weighted by Crippen LogP contribution is 2.49. The topological polar surface area (TPSA) is 9.23 Å². The van der Waals surface area contributed by atoms with Crippen LogP contribution >= 0.6 is 0 Å². The molecule has 35 heavy (non-hydrogen) atoms. The van der Waals surface area contributed by atoms with Crippen molar-refractivity contribution in [1.82, 2.24) is 0 Å². The van der Waals surface area contributed by atoms with Gasteiger partial charge in [0, 0.05) is 10.9 Å². The SMILES string of the molecule is c1ccc2c(-c3ccc4c(c3)-c3cccc5cccc(c35)O4)c3c(ccc4ccccc43)cc2c1. The van der Waals surface area contributed by atoms with Gasteiger partial charge in [-0.2, -0.15) is 0 Å². The first-order chi connectivity index (χ1) is 17.3. The second-order valence-electron chi connectivity index (χ2n) is 9.33. The van der Waals surface area contributed by atoms with Crippen LogP contribution in [0.5, 0.6) is 11.5 Å². The Bertz CT molecular complexity index is 1970. The lowest BCUT2D eigenvalue weighted by molar-refractivity contribution is 0.487. The van der Waals surface area contributed by atoms with Crippen LogP contribution in [0.3, 0.4) is 0 Å². The van der Waals surface area contributed by atoms with Crippen LogP contribution in [0.15, 0.2) is 121 Å².